The van der Waals surface area contributed by atoms with Crippen molar-refractivity contribution in [2.75, 3.05) is 19.4 Å². The number of nitrogens with two attached hydrogens (primary N) is 1. The van der Waals surface area contributed by atoms with Gasteiger partial charge in [0.05, 0.1) is 13.0 Å². The minimum Gasteiger partial charge on any atom is -0.465 e. The topological polar surface area (TPSA) is 81.4 Å². The van der Waals surface area contributed by atoms with E-state index in [0.29, 0.717) is 18.5 Å². The van der Waals surface area contributed by atoms with Crippen molar-refractivity contribution in [2.45, 2.75) is 19.3 Å². The zero-order valence-electron chi connectivity index (χ0n) is 10.4. The van der Waals surface area contributed by atoms with E-state index in [2.05, 4.69) is 5.32 Å². The van der Waals surface area contributed by atoms with Crippen LogP contribution in [0.15, 0.2) is 24.3 Å². The SMILES string of the molecule is CNC(=O)CCCOC(=O)Cc1cccc(N)c1. The molecule has 0 unspecified atom stereocenters. The summed E-state index contributed by atoms with van der Waals surface area (Å²) in [6.45, 7) is 0.259. The molecule has 0 saturated heterocycles. The second kappa shape index (κ2) is 7.32. The summed E-state index contributed by atoms with van der Waals surface area (Å²) >= 11 is 0. The lowest BCUT2D eigenvalue weighted by Crippen LogP contribution is -2.18. The molecule has 18 heavy (non-hydrogen) atoms. The zero-order chi connectivity index (χ0) is 13.4. The minimum absolute atomic E-state index is 0.0538. The Bertz CT molecular complexity index is 418. The predicted octanol–water partition coefficient (Wildman–Crippen LogP) is 0.881. The maximum Gasteiger partial charge on any atom is 0.310 e. The van der Waals surface area contributed by atoms with Crippen molar-refractivity contribution in [3.05, 3.63) is 29.8 Å². The molecular weight excluding hydrogens is 232 g/mol. The van der Waals surface area contributed by atoms with Gasteiger partial charge in [0.2, 0.25) is 5.91 Å². The fourth-order valence-electron chi connectivity index (χ4n) is 1.46. The van der Waals surface area contributed by atoms with Gasteiger partial charge in [-0.1, -0.05) is 12.1 Å². The summed E-state index contributed by atoms with van der Waals surface area (Å²) in [7, 11) is 1.58. The van der Waals surface area contributed by atoms with Crippen LogP contribution in [0.1, 0.15) is 18.4 Å². The van der Waals surface area contributed by atoms with E-state index in [1.807, 2.05) is 6.07 Å². The Morgan fingerprint density at radius 2 is 2.17 bits per heavy atom. The van der Waals surface area contributed by atoms with Gasteiger partial charge in [-0.25, -0.2) is 0 Å². The Morgan fingerprint density at radius 1 is 1.39 bits per heavy atom. The number of carbonyl (C=O) groups excluding carboxylic acids is 2. The van der Waals surface area contributed by atoms with Crippen LogP contribution in [0, 0.1) is 0 Å². The van der Waals surface area contributed by atoms with Crippen molar-refractivity contribution < 1.29 is 14.3 Å². The Hall–Kier alpha value is -2.04. The Kier molecular flexibility index (Phi) is 5.70. The number of anilines is 1. The number of hydrogen-bond donors (Lipinski definition) is 2. The molecule has 0 aliphatic rings. The molecule has 0 aromatic heterocycles. The third kappa shape index (κ3) is 5.34. The van der Waals surface area contributed by atoms with E-state index in [-0.39, 0.29) is 24.9 Å². The van der Waals surface area contributed by atoms with Gasteiger partial charge in [0, 0.05) is 19.2 Å². The third-order valence-corrected chi connectivity index (χ3v) is 2.39. The average molecular weight is 250 g/mol. The lowest BCUT2D eigenvalue weighted by molar-refractivity contribution is -0.143. The van der Waals surface area contributed by atoms with Gasteiger partial charge in [-0.05, 0) is 24.1 Å². The molecular formula is C13H18N2O3. The number of rotatable bonds is 6. The summed E-state index contributed by atoms with van der Waals surface area (Å²) in [5.41, 5.74) is 7.06. The molecule has 0 aliphatic heterocycles. The standard InChI is InChI=1S/C13H18N2O3/c1-15-12(16)6-3-7-18-13(17)9-10-4-2-5-11(14)8-10/h2,4-5,8H,3,6-7,9,14H2,1H3,(H,15,16). The largest absolute Gasteiger partial charge is 0.465 e. The highest BCUT2D eigenvalue weighted by Gasteiger charge is 2.05. The first kappa shape index (κ1) is 14.0. The summed E-state index contributed by atoms with van der Waals surface area (Å²) in [6, 6.07) is 7.12. The Balaban J connectivity index is 2.24. The molecule has 1 aromatic rings. The fourth-order valence-corrected chi connectivity index (χ4v) is 1.46. The molecule has 0 spiro atoms. The van der Waals surface area contributed by atoms with Gasteiger partial charge >= 0.3 is 5.97 Å². The number of benzene rings is 1. The van der Waals surface area contributed by atoms with Crippen LogP contribution in [0.25, 0.3) is 0 Å². The van der Waals surface area contributed by atoms with Crippen LogP contribution in [0.4, 0.5) is 5.69 Å². The van der Waals surface area contributed by atoms with E-state index < -0.39 is 0 Å². The van der Waals surface area contributed by atoms with Crippen LogP contribution >= 0.6 is 0 Å². The fraction of sp³-hybridized carbons (Fsp3) is 0.385. The maximum absolute atomic E-state index is 11.5. The van der Waals surface area contributed by atoms with E-state index in [4.69, 9.17) is 10.5 Å². The van der Waals surface area contributed by atoms with Crippen LogP contribution in [0.3, 0.4) is 0 Å². The molecule has 3 N–H and O–H groups in total. The summed E-state index contributed by atoms with van der Waals surface area (Å²) < 4.78 is 5.02. The molecule has 5 nitrogen and oxygen atoms in total. The summed E-state index contributed by atoms with van der Waals surface area (Å²) in [5.74, 6) is -0.362. The van der Waals surface area contributed by atoms with E-state index >= 15 is 0 Å². The van der Waals surface area contributed by atoms with Crippen molar-refractivity contribution >= 4 is 17.6 Å². The molecule has 0 heterocycles. The van der Waals surface area contributed by atoms with Crippen LogP contribution < -0.4 is 11.1 Å². The van der Waals surface area contributed by atoms with Gasteiger partial charge in [0.15, 0.2) is 0 Å². The maximum atomic E-state index is 11.5. The molecule has 5 heteroatoms. The third-order valence-electron chi connectivity index (χ3n) is 2.39. The van der Waals surface area contributed by atoms with Crippen LogP contribution in [-0.4, -0.2) is 25.5 Å². The number of nitrogen functional groups attached to an aromatic ring is 1. The summed E-state index contributed by atoms with van der Waals surface area (Å²) in [5, 5.41) is 2.51. The van der Waals surface area contributed by atoms with Crippen LogP contribution in [-0.2, 0) is 20.7 Å². The van der Waals surface area contributed by atoms with Crippen LogP contribution in [0.5, 0.6) is 0 Å². The Morgan fingerprint density at radius 3 is 2.83 bits per heavy atom. The molecule has 0 bridgehead atoms. The number of nitrogens with one attached hydrogen (secondary N) is 1. The molecule has 0 aliphatic carbocycles. The van der Waals surface area contributed by atoms with E-state index in [1.54, 1.807) is 25.2 Å². The van der Waals surface area contributed by atoms with Gasteiger partial charge in [-0.3, -0.25) is 9.59 Å². The first-order valence-electron chi connectivity index (χ1n) is 5.82. The van der Waals surface area contributed by atoms with Crippen molar-refractivity contribution in [1.82, 2.24) is 5.32 Å². The molecule has 0 fully saturated rings. The molecule has 0 radical (unpaired) electrons. The molecule has 1 amide bonds. The van der Waals surface area contributed by atoms with Gasteiger partial charge in [0.1, 0.15) is 0 Å². The van der Waals surface area contributed by atoms with Gasteiger partial charge < -0.3 is 15.8 Å². The lowest BCUT2D eigenvalue weighted by Gasteiger charge is -2.05. The van der Waals surface area contributed by atoms with Crippen molar-refractivity contribution in [2.24, 2.45) is 0 Å². The molecule has 98 valence electrons. The molecule has 0 saturated carbocycles. The van der Waals surface area contributed by atoms with Gasteiger partial charge in [0.25, 0.3) is 0 Å². The number of ether oxygens (including phenoxy) is 1. The monoisotopic (exact) mass is 250 g/mol. The zero-order valence-corrected chi connectivity index (χ0v) is 10.4. The van der Waals surface area contributed by atoms with Crippen molar-refractivity contribution in [3.8, 4) is 0 Å². The van der Waals surface area contributed by atoms with E-state index in [1.165, 1.54) is 0 Å². The second-order valence-electron chi connectivity index (χ2n) is 3.92. The number of hydrogen-bond acceptors (Lipinski definition) is 4. The molecule has 1 rings (SSSR count). The average Bonchev–Trinajstić information content (AvgIpc) is 2.34. The second-order valence-corrected chi connectivity index (χ2v) is 3.92. The highest BCUT2D eigenvalue weighted by Crippen LogP contribution is 2.07. The van der Waals surface area contributed by atoms with Gasteiger partial charge in [-0.15, -0.1) is 0 Å². The minimum atomic E-state index is -0.308. The van der Waals surface area contributed by atoms with Crippen molar-refractivity contribution in [1.29, 1.82) is 0 Å². The van der Waals surface area contributed by atoms with Crippen LogP contribution in [0.2, 0.25) is 0 Å². The molecule has 0 atom stereocenters. The Labute approximate surface area is 106 Å². The van der Waals surface area contributed by atoms with Crippen molar-refractivity contribution in [3.63, 3.8) is 0 Å². The predicted molar refractivity (Wildman–Crippen MR) is 68.8 cm³/mol. The lowest BCUT2D eigenvalue weighted by atomic mass is 10.1. The smallest absolute Gasteiger partial charge is 0.310 e. The number of amides is 1. The quantitative estimate of drug-likeness (QED) is 0.446. The van der Waals surface area contributed by atoms with E-state index in [9.17, 15) is 9.59 Å². The normalized spacial score (nSPS) is 9.83. The summed E-state index contributed by atoms with van der Waals surface area (Å²) in [4.78, 5) is 22.4. The number of carbonyl (C=O) groups is 2. The number of esters is 1. The molecule has 1 aromatic carbocycles. The highest BCUT2D eigenvalue weighted by atomic mass is 16.5. The highest BCUT2D eigenvalue weighted by molar-refractivity contribution is 5.75. The summed E-state index contributed by atoms with van der Waals surface area (Å²) in [6.07, 6.45) is 1.09. The first-order chi connectivity index (χ1) is 8.61. The first-order valence-corrected chi connectivity index (χ1v) is 5.82. The van der Waals surface area contributed by atoms with Gasteiger partial charge in [-0.2, -0.15) is 0 Å². The van der Waals surface area contributed by atoms with E-state index in [0.717, 1.165) is 5.56 Å².